The molecule has 2 aromatic rings. The number of methoxy groups -OCH3 is 2. The third-order valence-corrected chi connectivity index (χ3v) is 6.54. The molecule has 1 aliphatic rings. The molecule has 1 heterocycles. The molecule has 0 aromatic heterocycles. The third kappa shape index (κ3) is 3.60. The van der Waals surface area contributed by atoms with Gasteiger partial charge in [-0.05, 0) is 42.7 Å². The molecule has 3 rings (SSSR count). The molecule has 0 saturated carbocycles. The van der Waals surface area contributed by atoms with E-state index in [9.17, 15) is 18.5 Å². The Balaban J connectivity index is 2.00. The van der Waals surface area contributed by atoms with Crippen molar-refractivity contribution in [2.45, 2.75) is 23.8 Å². The predicted molar refractivity (Wildman–Crippen MR) is 98.5 cm³/mol. The topological polar surface area (TPSA) is 99.0 Å². The second kappa shape index (κ2) is 7.53. The van der Waals surface area contributed by atoms with Crippen LogP contribution >= 0.6 is 0 Å². The van der Waals surface area contributed by atoms with Gasteiger partial charge in [-0.25, -0.2) is 8.42 Å². The van der Waals surface area contributed by atoms with Gasteiger partial charge in [0.05, 0.1) is 30.1 Å². The molecule has 2 aromatic carbocycles. The fraction of sp³-hybridized carbons (Fsp3) is 0.333. The first-order valence-electron chi connectivity index (χ1n) is 8.36. The van der Waals surface area contributed by atoms with E-state index < -0.39 is 14.9 Å². The lowest BCUT2D eigenvalue weighted by atomic mass is 10.1. The summed E-state index contributed by atoms with van der Waals surface area (Å²) in [6.07, 6.45) is 1.38. The molecule has 1 aliphatic heterocycles. The quantitative estimate of drug-likeness (QED) is 0.553. The lowest BCUT2D eigenvalue weighted by Crippen LogP contribution is -2.30. The van der Waals surface area contributed by atoms with E-state index in [0.29, 0.717) is 25.1 Å². The van der Waals surface area contributed by atoms with Crippen molar-refractivity contribution in [2.24, 2.45) is 0 Å². The lowest BCUT2D eigenvalue weighted by molar-refractivity contribution is -0.386. The van der Waals surface area contributed by atoms with Crippen molar-refractivity contribution in [3.8, 4) is 11.5 Å². The van der Waals surface area contributed by atoms with Gasteiger partial charge in [-0.1, -0.05) is 12.1 Å². The van der Waals surface area contributed by atoms with Crippen molar-refractivity contribution in [3.05, 3.63) is 58.1 Å². The zero-order valence-electron chi connectivity index (χ0n) is 15.0. The molecule has 0 N–H and O–H groups in total. The van der Waals surface area contributed by atoms with E-state index in [2.05, 4.69) is 0 Å². The highest BCUT2D eigenvalue weighted by molar-refractivity contribution is 7.89. The lowest BCUT2D eigenvalue weighted by Gasteiger charge is -2.24. The van der Waals surface area contributed by atoms with Crippen LogP contribution < -0.4 is 9.47 Å². The van der Waals surface area contributed by atoms with Crippen LogP contribution in [0.25, 0.3) is 0 Å². The number of hydrogen-bond donors (Lipinski definition) is 0. The van der Waals surface area contributed by atoms with Crippen LogP contribution in [0.2, 0.25) is 0 Å². The van der Waals surface area contributed by atoms with Gasteiger partial charge in [-0.2, -0.15) is 4.31 Å². The molecule has 0 bridgehead atoms. The van der Waals surface area contributed by atoms with Crippen LogP contribution in [0.3, 0.4) is 0 Å². The molecule has 0 amide bonds. The molecule has 1 saturated heterocycles. The molecule has 1 atom stereocenters. The summed E-state index contributed by atoms with van der Waals surface area (Å²) >= 11 is 0. The van der Waals surface area contributed by atoms with E-state index in [1.54, 1.807) is 13.2 Å². The highest BCUT2D eigenvalue weighted by Gasteiger charge is 2.37. The third-order valence-electron chi connectivity index (χ3n) is 4.64. The van der Waals surface area contributed by atoms with Gasteiger partial charge in [0, 0.05) is 12.6 Å². The van der Waals surface area contributed by atoms with Gasteiger partial charge in [0.2, 0.25) is 10.0 Å². The van der Waals surface area contributed by atoms with Gasteiger partial charge in [0.1, 0.15) is 5.75 Å². The highest BCUT2D eigenvalue weighted by atomic mass is 32.2. The van der Waals surface area contributed by atoms with E-state index in [1.165, 1.54) is 23.5 Å². The normalized spacial score (nSPS) is 17.6. The maximum atomic E-state index is 13.2. The van der Waals surface area contributed by atoms with Crippen LogP contribution in [0.1, 0.15) is 24.4 Å². The summed E-state index contributed by atoms with van der Waals surface area (Å²) in [6, 6.07) is 10.6. The molecule has 0 radical (unpaired) electrons. The number of benzene rings is 2. The van der Waals surface area contributed by atoms with Crippen LogP contribution in [0.4, 0.5) is 5.69 Å². The maximum absolute atomic E-state index is 13.2. The molecule has 1 fully saturated rings. The number of ether oxygens (including phenoxy) is 2. The average Bonchev–Trinajstić information content (AvgIpc) is 3.18. The second-order valence-electron chi connectivity index (χ2n) is 6.14. The Morgan fingerprint density at radius 2 is 1.93 bits per heavy atom. The van der Waals surface area contributed by atoms with Crippen LogP contribution in [0.15, 0.2) is 47.4 Å². The molecule has 9 heteroatoms. The van der Waals surface area contributed by atoms with E-state index in [1.807, 2.05) is 18.2 Å². The molecule has 27 heavy (non-hydrogen) atoms. The number of hydrogen-bond acceptors (Lipinski definition) is 6. The number of nitro groups is 1. The zero-order chi connectivity index (χ0) is 19.6. The molecular weight excluding hydrogens is 372 g/mol. The molecule has 8 nitrogen and oxygen atoms in total. The first-order chi connectivity index (χ1) is 12.9. The van der Waals surface area contributed by atoms with Crippen molar-refractivity contribution in [2.75, 3.05) is 20.8 Å². The van der Waals surface area contributed by atoms with Crippen LogP contribution in [-0.4, -0.2) is 38.4 Å². The Labute approximate surface area is 157 Å². The minimum Gasteiger partial charge on any atom is -0.497 e. The molecule has 144 valence electrons. The van der Waals surface area contributed by atoms with E-state index in [0.717, 1.165) is 11.6 Å². The van der Waals surface area contributed by atoms with Crippen LogP contribution in [-0.2, 0) is 10.0 Å². The fourth-order valence-electron chi connectivity index (χ4n) is 3.32. The average molecular weight is 392 g/mol. The second-order valence-corrected chi connectivity index (χ2v) is 8.03. The number of rotatable bonds is 6. The summed E-state index contributed by atoms with van der Waals surface area (Å²) in [4.78, 5) is 10.5. The summed E-state index contributed by atoms with van der Waals surface area (Å²) < 4.78 is 37.9. The highest BCUT2D eigenvalue weighted by Crippen LogP contribution is 2.39. The number of nitro benzene ring substituents is 1. The summed E-state index contributed by atoms with van der Waals surface area (Å²) in [5, 5.41) is 11.2. The predicted octanol–water partition coefficient (Wildman–Crippen LogP) is 3.14. The number of sulfonamides is 1. The molecular formula is C18H20N2O6S. The van der Waals surface area contributed by atoms with E-state index >= 15 is 0 Å². The maximum Gasteiger partial charge on any atom is 0.312 e. The number of nitrogens with zero attached hydrogens (tertiary/aromatic N) is 2. The standard InChI is InChI=1S/C18H20N2O6S/c1-25-14-6-3-5-13(11-14)16-7-4-10-19(16)27(23,24)15-8-9-18(26-2)17(12-15)20(21)22/h3,5-6,8-9,11-12,16H,4,7,10H2,1-2H3. The summed E-state index contributed by atoms with van der Waals surface area (Å²) in [6.45, 7) is 0.351. The Morgan fingerprint density at radius 3 is 2.59 bits per heavy atom. The monoisotopic (exact) mass is 392 g/mol. The van der Waals surface area contributed by atoms with Crippen molar-refractivity contribution in [1.82, 2.24) is 4.31 Å². The molecule has 1 unspecified atom stereocenters. The first-order valence-corrected chi connectivity index (χ1v) is 9.80. The minimum absolute atomic E-state index is 0.0183. The van der Waals surface area contributed by atoms with E-state index in [-0.39, 0.29) is 22.4 Å². The van der Waals surface area contributed by atoms with Gasteiger partial charge in [0.25, 0.3) is 0 Å². The van der Waals surface area contributed by atoms with Crippen molar-refractivity contribution in [1.29, 1.82) is 0 Å². The van der Waals surface area contributed by atoms with Crippen LogP contribution in [0.5, 0.6) is 11.5 Å². The Hall–Kier alpha value is -2.65. The Bertz CT molecular complexity index is 960. The molecule has 0 spiro atoms. The van der Waals surface area contributed by atoms with Gasteiger partial charge in [-0.3, -0.25) is 10.1 Å². The van der Waals surface area contributed by atoms with Gasteiger partial charge >= 0.3 is 5.69 Å². The van der Waals surface area contributed by atoms with E-state index in [4.69, 9.17) is 9.47 Å². The first kappa shape index (κ1) is 19.1. The van der Waals surface area contributed by atoms with Gasteiger partial charge in [-0.15, -0.1) is 0 Å². The minimum atomic E-state index is -3.90. The van der Waals surface area contributed by atoms with Crippen molar-refractivity contribution >= 4 is 15.7 Å². The SMILES string of the molecule is COc1cccc(C2CCCN2S(=O)(=O)c2ccc(OC)c([N+](=O)[O-])c2)c1. The van der Waals surface area contributed by atoms with Gasteiger partial charge < -0.3 is 9.47 Å². The largest absolute Gasteiger partial charge is 0.497 e. The Kier molecular flexibility index (Phi) is 5.33. The summed E-state index contributed by atoms with van der Waals surface area (Å²) in [5.74, 6) is 0.668. The van der Waals surface area contributed by atoms with Crippen molar-refractivity contribution < 1.29 is 22.8 Å². The van der Waals surface area contributed by atoms with Crippen molar-refractivity contribution in [3.63, 3.8) is 0 Å². The van der Waals surface area contributed by atoms with Crippen LogP contribution in [0, 0.1) is 10.1 Å². The summed E-state index contributed by atoms with van der Waals surface area (Å²) in [7, 11) is -1.05. The smallest absolute Gasteiger partial charge is 0.312 e. The Morgan fingerprint density at radius 1 is 1.15 bits per heavy atom. The zero-order valence-corrected chi connectivity index (χ0v) is 15.8. The summed E-state index contributed by atoms with van der Waals surface area (Å²) in [5.41, 5.74) is 0.453. The molecule has 0 aliphatic carbocycles. The fourth-order valence-corrected chi connectivity index (χ4v) is 5.02. The van der Waals surface area contributed by atoms with Gasteiger partial charge in [0.15, 0.2) is 5.75 Å².